The first-order valence-electron chi connectivity index (χ1n) is 11.3. The molecule has 2 aromatic carbocycles. The van der Waals surface area contributed by atoms with Crippen molar-refractivity contribution >= 4 is 37.9 Å². The highest BCUT2D eigenvalue weighted by Crippen LogP contribution is 2.33. The van der Waals surface area contributed by atoms with E-state index in [0.29, 0.717) is 18.4 Å². The lowest BCUT2D eigenvalue weighted by molar-refractivity contribution is -0.139. The molecule has 0 saturated carbocycles. The van der Waals surface area contributed by atoms with Gasteiger partial charge in [0.15, 0.2) is 0 Å². The van der Waals surface area contributed by atoms with Crippen molar-refractivity contribution in [2.75, 3.05) is 0 Å². The van der Waals surface area contributed by atoms with Gasteiger partial charge in [-0.2, -0.15) is 4.72 Å². The number of aromatic amines is 1. The summed E-state index contributed by atoms with van der Waals surface area (Å²) in [6.45, 7) is 0. The fourth-order valence-electron chi connectivity index (χ4n) is 4.73. The highest BCUT2D eigenvalue weighted by Gasteiger charge is 2.26. The molecule has 2 heterocycles. The predicted molar refractivity (Wildman–Crippen MR) is 126 cm³/mol. The third-order valence-electron chi connectivity index (χ3n) is 6.45. The highest BCUT2D eigenvalue weighted by atomic mass is 32.2. The molecule has 0 bridgehead atoms. The van der Waals surface area contributed by atoms with Gasteiger partial charge in [-0.05, 0) is 62.3 Å². The van der Waals surface area contributed by atoms with Crippen LogP contribution in [-0.4, -0.2) is 30.5 Å². The molecule has 3 N–H and O–H groups in total. The van der Waals surface area contributed by atoms with Crippen LogP contribution in [0, 0.1) is 0 Å². The van der Waals surface area contributed by atoms with Crippen molar-refractivity contribution in [3.8, 4) is 0 Å². The molecule has 7 nitrogen and oxygen atoms in total. The maximum atomic E-state index is 13.0. The standard InChI is InChI=1S/C25H26N2O5S/c28-25(29)22(10-5-6-16-15-26-21-9-3-1-7-18(16)21)27-33(30,31)17-12-13-20-19-8-2-4-11-23(19)32-24(20)14-17/h1,3,7,9,12-15,22,26-27H,2,4-6,8,10-11H2,(H,28,29)/t22-/m0/s1. The van der Waals surface area contributed by atoms with Crippen LogP contribution < -0.4 is 4.72 Å². The van der Waals surface area contributed by atoms with Crippen LogP contribution in [0.25, 0.3) is 21.9 Å². The first-order valence-corrected chi connectivity index (χ1v) is 12.7. The van der Waals surface area contributed by atoms with E-state index >= 15 is 0 Å². The summed E-state index contributed by atoms with van der Waals surface area (Å²) in [4.78, 5) is 15.0. The Morgan fingerprint density at radius 2 is 1.94 bits per heavy atom. The number of sulfonamides is 1. The van der Waals surface area contributed by atoms with Gasteiger partial charge >= 0.3 is 5.97 Å². The number of nitrogens with one attached hydrogen (secondary N) is 2. The van der Waals surface area contributed by atoms with Crippen molar-refractivity contribution in [1.82, 2.24) is 9.71 Å². The maximum Gasteiger partial charge on any atom is 0.321 e. The van der Waals surface area contributed by atoms with Crippen LogP contribution in [0.15, 0.2) is 58.0 Å². The van der Waals surface area contributed by atoms with Gasteiger partial charge in [-0.3, -0.25) is 4.79 Å². The summed E-state index contributed by atoms with van der Waals surface area (Å²) >= 11 is 0. The van der Waals surface area contributed by atoms with Gasteiger partial charge in [0.25, 0.3) is 0 Å². The van der Waals surface area contributed by atoms with Crippen LogP contribution in [0.4, 0.5) is 0 Å². The third-order valence-corrected chi connectivity index (χ3v) is 7.92. The normalized spacial score (nSPS) is 15.0. The molecule has 0 amide bonds. The van der Waals surface area contributed by atoms with E-state index in [0.717, 1.165) is 58.9 Å². The topological polar surface area (TPSA) is 112 Å². The number of benzene rings is 2. The van der Waals surface area contributed by atoms with E-state index in [9.17, 15) is 18.3 Å². The minimum Gasteiger partial charge on any atom is -0.480 e. The zero-order chi connectivity index (χ0) is 23.0. The van der Waals surface area contributed by atoms with Crippen molar-refractivity contribution in [2.24, 2.45) is 0 Å². The molecule has 5 rings (SSSR count). The average molecular weight is 467 g/mol. The van der Waals surface area contributed by atoms with Gasteiger partial charge in [-0.25, -0.2) is 8.42 Å². The molecular weight excluding hydrogens is 440 g/mol. The maximum absolute atomic E-state index is 13.0. The molecule has 1 aliphatic carbocycles. The Balaban J connectivity index is 1.30. The highest BCUT2D eigenvalue weighted by molar-refractivity contribution is 7.89. The minimum absolute atomic E-state index is 0.0176. The Hall–Kier alpha value is -3.10. The Labute approximate surface area is 191 Å². The molecule has 0 unspecified atom stereocenters. The molecule has 1 atom stereocenters. The van der Waals surface area contributed by atoms with E-state index in [1.54, 1.807) is 6.07 Å². The summed E-state index contributed by atoms with van der Waals surface area (Å²) in [5.41, 5.74) is 3.81. The second-order valence-electron chi connectivity index (χ2n) is 8.63. The number of para-hydroxylation sites is 1. The number of hydrogen-bond donors (Lipinski definition) is 3. The van der Waals surface area contributed by atoms with E-state index in [4.69, 9.17) is 4.42 Å². The predicted octanol–water partition coefficient (Wildman–Crippen LogP) is 4.55. The smallest absolute Gasteiger partial charge is 0.321 e. The molecule has 8 heteroatoms. The molecule has 0 fully saturated rings. The Morgan fingerprint density at radius 1 is 1.12 bits per heavy atom. The third kappa shape index (κ3) is 4.28. The number of aromatic nitrogens is 1. The van der Waals surface area contributed by atoms with Gasteiger partial charge in [0.05, 0.1) is 4.90 Å². The van der Waals surface area contributed by atoms with Crippen LogP contribution >= 0.6 is 0 Å². The lowest BCUT2D eigenvalue weighted by Gasteiger charge is -2.15. The molecule has 0 radical (unpaired) electrons. The average Bonchev–Trinajstić information content (AvgIpc) is 3.39. The van der Waals surface area contributed by atoms with E-state index in [2.05, 4.69) is 9.71 Å². The van der Waals surface area contributed by atoms with Crippen molar-refractivity contribution in [1.29, 1.82) is 0 Å². The van der Waals surface area contributed by atoms with Gasteiger partial charge in [0, 0.05) is 40.5 Å². The van der Waals surface area contributed by atoms with E-state index in [-0.39, 0.29) is 11.3 Å². The van der Waals surface area contributed by atoms with Crippen LogP contribution in [0.3, 0.4) is 0 Å². The summed E-state index contributed by atoms with van der Waals surface area (Å²) in [6, 6.07) is 11.5. The molecule has 1 aliphatic rings. The van der Waals surface area contributed by atoms with Gasteiger partial charge in [-0.15, -0.1) is 0 Å². The first-order chi connectivity index (χ1) is 15.9. The quantitative estimate of drug-likeness (QED) is 0.353. The lowest BCUT2D eigenvalue weighted by Crippen LogP contribution is -2.40. The number of furan rings is 1. The molecule has 0 aliphatic heterocycles. The molecule has 0 spiro atoms. The second kappa shape index (κ2) is 8.68. The van der Waals surface area contributed by atoms with E-state index in [1.807, 2.05) is 30.5 Å². The number of aryl methyl sites for hydroxylation is 3. The monoisotopic (exact) mass is 466 g/mol. The summed E-state index contributed by atoms with van der Waals surface area (Å²) in [6.07, 6.45) is 7.26. The summed E-state index contributed by atoms with van der Waals surface area (Å²) in [7, 11) is -4.01. The Morgan fingerprint density at radius 3 is 2.79 bits per heavy atom. The van der Waals surface area contributed by atoms with Crippen LogP contribution in [-0.2, 0) is 34.1 Å². The summed E-state index contributed by atoms with van der Waals surface area (Å²) < 4.78 is 34.2. The number of H-pyrrole nitrogens is 1. The van der Waals surface area contributed by atoms with Crippen LogP contribution in [0.1, 0.15) is 42.6 Å². The van der Waals surface area contributed by atoms with Gasteiger partial charge < -0.3 is 14.5 Å². The molecular formula is C25H26N2O5S. The number of carboxylic acids is 1. The first kappa shape index (κ1) is 21.7. The van der Waals surface area contributed by atoms with Gasteiger partial charge in [0.1, 0.15) is 17.4 Å². The van der Waals surface area contributed by atoms with Gasteiger partial charge in [0.2, 0.25) is 10.0 Å². The Bertz CT molecular complexity index is 1430. The van der Waals surface area contributed by atoms with Crippen LogP contribution in [0.2, 0.25) is 0 Å². The fraction of sp³-hybridized carbons (Fsp3) is 0.320. The van der Waals surface area contributed by atoms with Crippen LogP contribution in [0.5, 0.6) is 0 Å². The zero-order valence-corrected chi connectivity index (χ0v) is 19.0. The van der Waals surface area contributed by atoms with E-state index in [1.165, 1.54) is 12.1 Å². The summed E-state index contributed by atoms with van der Waals surface area (Å²) in [5, 5.41) is 11.7. The molecule has 33 heavy (non-hydrogen) atoms. The number of carbonyl (C=O) groups is 1. The Kier molecular flexibility index (Phi) is 5.72. The minimum atomic E-state index is -4.01. The lowest BCUT2D eigenvalue weighted by atomic mass is 9.96. The van der Waals surface area contributed by atoms with Crippen molar-refractivity contribution in [3.05, 3.63) is 65.5 Å². The van der Waals surface area contributed by atoms with Gasteiger partial charge in [-0.1, -0.05) is 18.2 Å². The zero-order valence-electron chi connectivity index (χ0n) is 18.1. The number of carboxylic acid groups (broad SMARTS) is 1. The number of fused-ring (bicyclic) bond motifs is 4. The molecule has 2 aromatic heterocycles. The largest absolute Gasteiger partial charge is 0.480 e. The molecule has 4 aromatic rings. The second-order valence-corrected chi connectivity index (χ2v) is 10.3. The van der Waals surface area contributed by atoms with Crippen molar-refractivity contribution < 1.29 is 22.7 Å². The summed E-state index contributed by atoms with van der Waals surface area (Å²) in [5.74, 6) is -0.258. The van der Waals surface area contributed by atoms with Crippen molar-refractivity contribution in [2.45, 2.75) is 55.9 Å². The molecule has 0 saturated heterocycles. The fourth-order valence-corrected chi connectivity index (χ4v) is 5.97. The number of rotatable bonds is 8. The molecule has 172 valence electrons. The SMILES string of the molecule is O=C(O)[C@H](CCCc1c[nH]c2ccccc12)NS(=O)(=O)c1ccc2c3c(oc2c1)CCCC3. The van der Waals surface area contributed by atoms with E-state index < -0.39 is 22.0 Å². The van der Waals surface area contributed by atoms with Crippen molar-refractivity contribution in [3.63, 3.8) is 0 Å². The number of aliphatic carboxylic acids is 1. The number of hydrogen-bond acceptors (Lipinski definition) is 4.